The van der Waals surface area contributed by atoms with E-state index in [1.54, 1.807) is 18.2 Å². The molecule has 0 saturated carbocycles. The fraction of sp³-hybridized carbons (Fsp3) is 0.125. The van der Waals surface area contributed by atoms with Crippen molar-refractivity contribution < 1.29 is 1.37 Å². The highest BCUT2D eigenvalue weighted by molar-refractivity contribution is 14.1. The molecule has 6 heteroatoms. The van der Waals surface area contributed by atoms with E-state index in [1.807, 2.05) is 22.6 Å². The molecule has 2 aromatic rings. The SMILES string of the molecule is [3H]c1c(I)cccc1-n1nnn(C)c1=O. The van der Waals surface area contributed by atoms with Crippen LogP contribution in [-0.4, -0.2) is 19.8 Å². The highest BCUT2D eigenvalue weighted by atomic mass is 127. The van der Waals surface area contributed by atoms with Gasteiger partial charge >= 0.3 is 5.69 Å². The summed E-state index contributed by atoms with van der Waals surface area (Å²) in [6.07, 6.45) is 0. The average molecular weight is 304 g/mol. The third kappa shape index (κ3) is 1.57. The van der Waals surface area contributed by atoms with Crippen molar-refractivity contribution in [1.82, 2.24) is 19.8 Å². The number of aromatic nitrogens is 4. The predicted molar refractivity (Wildman–Crippen MR) is 59.3 cm³/mol. The van der Waals surface area contributed by atoms with Gasteiger partial charge in [0.05, 0.1) is 7.06 Å². The molecule has 5 nitrogen and oxygen atoms in total. The molecule has 0 amide bonds. The first-order valence-corrected chi connectivity index (χ1v) is 4.93. The van der Waals surface area contributed by atoms with Gasteiger partial charge in [-0.2, -0.15) is 9.36 Å². The third-order valence-corrected chi connectivity index (χ3v) is 2.32. The molecule has 0 aliphatic rings. The maximum atomic E-state index is 11.5. The summed E-state index contributed by atoms with van der Waals surface area (Å²) in [5.74, 6) is 0. The maximum absolute atomic E-state index is 11.5. The Balaban J connectivity index is 2.70. The summed E-state index contributed by atoms with van der Waals surface area (Å²) in [6.45, 7) is 0. The van der Waals surface area contributed by atoms with Gasteiger partial charge in [-0.25, -0.2) is 4.79 Å². The summed E-state index contributed by atoms with van der Waals surface area (Å²) in [5, 5.41) is 7.28. The minimum absolute atomic E-state index is 0.278. The normalized spacial score (nSPS) is 11.4. The van der Waals surface area contributed by atoms with Crippen molar-refractivity contribution in [3.8, 4) is 5.69 Å². The van der Waals surface area contributed by atoms with Gasteiger partial charge in [0.15, 0.2) is 0 Å². The van der Waals surface area contributed by atoms with Gasteiger partial charge in [-0.05, 0) is 51.2 Å². The van der Waals surface area contributed by atoms with Crippen molar-refractivity contribution in [2.24, 2.45) is 7.05 Å². The molecule has 0 atom stereocenters. The number of halogens is 1. The Labute approximate surface area is 94.9 Å². The third-order valence-electron chi connectivity index (χ3n) is 1.69. The molecule has 0 fully saturated rings. The molecule has 0 radical (unpaired) electrons. The van der Waals surface area contributed by atoms with E-state index in [0.29, 0.717) is 5.69 Å². The lowest BCUT2D eigenvalue weighted by Crippen LogP contribution is -2.21. The van der Waals surface area contributed by atoms with Crippen LogP contribution in [0.5, 0.6) is 0 Å². The van der Waals surface area contributed by atoms with E-state index >= 15 is 0 Å². The molecule has 0 N–H and O–H groups in total. The highest BCUT2D eigenvalue weighted by Gasteiger charge is 2.05. The topological polar surface area (TPSA) is 52.7 Å². The van der Waals surface area contributed by atoms with Gasteiger partial charge in [-0.1, -0.05) is 6.07 Å². The lowest BCUT2D eigenvalue weighted by molar-refractivity contribution is 0.693. The Bertz CT molecular complexity index is 562. The Morgan fingerprint density at radius 2 is 2.29 bits per heavy atom. The second kappa shape index (κ2) is 3.52. The fourth-order valence-electron chi connectivity index (χ4n) is 1.02. The van der Waals surface area contributed by atoms with E-state index in [0.717, 1.165) is 12.9 Å². The predicted octanol–water partition coefficient (Wildman–Crippen LogP) is 0.571. The zero-order valence-corrected chi connectivity index (χ0v) is 9.46. The van der Waals surface area contributed by atoms with Gasteiger partial charge in [0.25, 0.3) is 0 Å². The Morgan fingerprint density at radius 1 is 1.50 bits per heavy atom. The number of hydrogen-bond donors (Lipinski definition) is 0. The van der Waals surface area contributed by atoms with Crippen LogP contribution in [0.1, 0.15) is 1.37 Å². The van der Waals surface area contributed by atoms with Crippen LogP contribution in [0.25, 0.3) is 5.69 Å². The molecule has 0 spiro atoms. The van der Waals surface area contributed by atoms with Crippen molar-refractivity contribution in [2.45, 2.75) is 0 Å². The van der Waals surface area contributed by atoms with Crippen molar-refractivity contribution in [3.05, 3.63) is 38.3 Å². The second-order valence-electron chi connectivity index (χ2n) is 2.68. The van der Waals surface area contributed by atoms with Gasteiger partial charge in [0.2, 0.25) is 0 Å². The van der Waals surface area contributed by atoms with E-state index in [4.69, 9.17) is 1.37 Å². The molecule has 2 rings (SSSR count). The molecule has 1 heterocycles. The molecular formula is C8H7IN4O. The molecule has 14 heavy (non-hydrogen) atoms. The molecule has 72 valence electrons. The Kier molecular flexibility index (Phi) is 2.05. The summed E-state index contributed by atoms with van der Waals surface area (Å²) in [7, 11) is 1.52. The van der Waals surface area contributed by atoms with Crippen LogP contribution in [0.3, 0.4) is 0 Å². The van der Waals surface area contributed by atoms with Crippen molar-refractivity contribution in [1.29, 1.82) is 0 Å². The number of hydrogen-bond acceptors (Lipinski definition) is 3. The number of rotatable bonds is 1. The molecule has 0 unspecified atom stereocenters. The first-order chi connectivity index (χ1) is 7.11. The number of tetrazole rings is 1. The first kappa shape index (κ1) is 8.16. The van der Waals surface area contributed by atoms with Crippen LogP contribution in [0.15, 0.2) is 29.0 Å². The zero-order chi connectivity index (χ0) is 11.0. The van der Waals surface area contributed by atoms with Gasteiger partial charge in [0.1, 0.15) is 0 Å². The maximum Gasteiger partial charge on any atom is 0.368 e. The minimum Gasteiger partial charge on any atom is -0.244 e. The summed E-state index contributed by atoms with van der Waals surface area (Å²) in [4.78, 5) is 11.5. The van der Waals surface area contributed by atoms with Gasteiger partial charge in [-0.3, -0.25) is 0 Å². The van der Waals surface area contributed by atoms with E-state index < -0.39 is 0 Å². The van der Waals surface area contributed by atoms with E-state index in [2.05, 4.69) is 10.4 Å². The van der Waals surface area contributed by atoms with Gasteiger partial charge < -0.3 is 0 Å². The largest absolute Gasteiger partial charge is 0.368 e. The lowest BCUT2D eigenvalue weighted by atomic mass is 10.3. The van der Waals surface area contributed by atoms with Crippen molar-refractivity contribution >= 4 is 22.6 Å². The molecule has 0 aliphatic carbocycles. The lowest BCUT2D eigenvalue weighted by Gasteiger charge is -1.97. The Hall–Kier alpha value is -1.18. The summed E-state index contributed by atoms with van der Waals surface area (Å²) >= 11 is 2.04. The molecular weight excluding hydrogens is 295 g/mol. The van der Waals surface area contributed by atoms with E-state index in [9.17, 15) is 4.79 Å². The van der Waals surface area contributed by atoms with E-state index in [1.165, 1.54) is 7.05 Å². The monoisotopic (exact) mass is 304 g/mol. The summed E-state index contributed by atoms with van der Waals surface area (Å²) in [5.41, 5.74) is 0.0884. The van der Waals surface area contributed by atoms with Crippen LogP contribution in [0.4, 0.5) is 0 Å². The standard InChI is InChI=1S/C8H7IN4O/c1-12-8(14)13(11-10-12)7-4-2-3-6(9)5-7/h2-5H,1H3/i5T. The molecule has 1 aromatic carbocycles. The van der Waals surface area contributed by atoms with Crippen LogP contribution in [0.2, 0.25) is 0 Å². The minimum atomic E-state index is -0.356. The fourth-order valence-corrected chi connectivity index (χ4v) is 1.50. The number of aryl methyl sites for hydroxylation is 1. The van der Waals surface area contributed by atoms with Crippen molar-refractivity contribution in [3.63, 3.8) is 0 Å². The van der Waals surface area contributed by atoms with Crippen LogP contribution < -0.4 is 5.69 Å². The number of nitrogens with zero attached hydrogens (tertiary/aromatic N) is 4. The summed E-state index contributed by atoms with van der Waals surface area (Å²) < 4.78 is 10.8. The van der Waals surface area contributed by atoms with Crippen LogP contribution in [0, 0.1) is 3.57 Å². The highest BCUT2D eigenvalue weighted by Crippen LogP contribution is 2.09. The quantitative estimate of drug-likeness (QED) is 0.724. The van der Waals surface area contributed by atoms with Crippen molar-refractivity contribution in [2.75, 3.05) is 0 Å². The van der Waals surface area contributed by atoms with Gasteiger partial charge in [-0.15, -0.1) is 0 Å². The van der Waals surface area contributed by atoms with E-state index in [-0.39, 0.29) is 11.7 Å². The smallest absolute Gasteiger partial charge is 0.244 e. The molecule has 0 saturated heterocycles. The zero-order valence-electron chi connectivity index (χ0n) is 8.31. The molecule has 1 aromatic heterocycles. The molecule has 0 aliphatic heterocycles. The Morgan fingerprint density at radius 3 is 2.93 bits per heavy atom. The first-order valence-electron chi connectivity index (χ1n) is 4.36. The summed E-state index contributed by atoms with van der Waals surface area (Å²) in [6, 6.07) is 5.52. The molecule has 0 bridgehead atoms. The van der Waals surface area contributed by atoms with Crippen LogP contribution in [-0.2, 0) is 7.05 Å². The van der Waals surface area contributed by atoms with Gasteiger partial charge in [0, 0.05) is 10.6 Å². The van der Waals surface area contributed by atoms with Crippen LogP contribution >= 0.6 is 22.6 Å². The second-order valence-corrected chi connectivity index (χ2v) is 3.84. The average Bonchev–Trinajstić information content (AvgIpc) is 2.53. The number of benzene rings is 1.